The Morgan fingerprint density at radius 2 is 1.19 bits per heavy atom. The van der Waals surface area contributed by atoms with Crippen LogP contribution in [0.4, 0.5) is 0 Å². The lowest BCUT2D eigenvalue weighted by Gasteiger charge is -2.60. The summed E-state index contributed by atoms with van der Waals surface area (Å²) in [4.78, 5) is 0. The third-order valence-electron chi connectivity index (χ3n) is 7.73. The smallest absolute Gasteiger partial charge is 0.0213 e. The third-order valence-corrected chi connectivity index (χ3v) is 7.73. The van der Waals surface area contributed by atoms with Gasteiger partial charge in [-0.3, -0.25) is 0 Å². The van der Waals surface area contributed by atoms with Crippen LogP contribution in [0.3, 0.4) is 0 Å². The fourth-order valence-electron chi connectivity index (χ4n) is 6.91. The Morgan fingerprint density at radius 1 is 0.667 bits per heavy atom. The highest BCUT2D eigenvalue weighted by Gasteiger charge is 2.54. The molecule has 0 aromatic rings. The minimum Gasteiger partial charge on any atom is -0.0654 e. The second-order valence-electron chi connectivity index (χ2n) is 8.64. The first-order valence-electron chi connectivity index (χ1n) is 10.3. The molecule has 0 N–H and O–H groups in total. The van der Waals surface area contributed by atoms with Crippen molar-refractivity contribution in [3.05, 3.63) is 0 Å². The maximum absolute atomic E-state index is 2.45. The molecule has 3 aliphatic rings. The molecule has 0 heterocycles. The van der Waals surface area contributed by atoms with Crippen LogP contribution < -0.4 is 0 Å². The molecule has 0 aromatic heterocycles. The van der Waals surface area contributed by atoms with Crippen LogP contribution >= 0.6 is 0 Å². The molecule has 0 atom stereocenters. The fraction of sp³-hybridized carbons (Fsp3) is 1.00. The van der Waals surface area contributed by atoms with Gasteiger partial charge in [0.15, 0.2) is 0 Å². The SMILES string of the molecule is CCCC1(C2(C3CCCCC3)CCCCC2)CCCCC1. The van der Waals surface area contributed by atoms with Crippen LogP contribution in [-0.2, 0) is 0 Å². The lowest BCUT2D eigenvalue weighted by Crippen LogP contribution is -2.50. The first-order valence-corrected chi connectivity index (χ1v) is 10.3. The molecular weight excluding hydrogens is 252 g/mol. The van der Waals surface area contributed by atoms with E-state index < -0.39 is 0 Å². The van der Waals surface area contributed by atoms with Crippen molar-refractivity contribution in [3.63, 3.8) is 0 Å². The number of hydrogen-bond donors (Lipinski definition) is 0. The van der Waals surface area contributed by atoms with Crippen molar-refractivity contribution in [1.82, 2.24) is 0 Å². The molecule has 0 nitrogen and oxygen atoms in total. The van der Waals surface area contributed by atoms with Crippen LogP contribution in [0, 0.1) is 16.7 Å². The molecule has 21 heavy (non-hydrogen) atoms. The van der Waals surface area contributed by atoms with E-state index in [1.54, 1.807) is 57.8 Å². The molecule has 3 rings (SSSR count). The van der Waals surface area contributed by atoms with Crippen molar-refractivity contribution >= 4 is 0 Å². The summed E-state index contributed by atoms with van der Waals surface area (Å²) in [6, 6.07) is 0. The Balaban J connectivity index is 1.91. The van der Waals surface area contributed by atoms with Gasteiger partial charge in [-0.05, 0) is 61.7 Å². The van der Waals surface area contributed by atoms with Crippen molar-refractivity contribution < 1.29 is 0 Å². The third kappa shape index (κ3) is 2.93. The summed E-state index contributed by atoms with van der Waals surface area (Å²) >= 11 is 0. The van der Waals surface area contributed by atoms with Gasteiger partial charge in [0.2, 0.25) is 0 Å². The van der Waals surface area contributed by atoms with Gasteiger partial charge in [0.05, 0.1) is 0 Å². The first kappa shape index (κ1) is 15.9. The lowest BCUT2D eigenvalue weighted by atomic mass is 9.45. The van der Waals surface area contributed by atoms with Crippen molar-refractivity contribution in [1.29, 1.82) is 0 Å². The molecule has 3 fully saturated rings. The zero-order valence-electron chi connectivity index (χ0n) is 14.6. The summed E-state index contributed by atoms with van der Waals surface area (Å²) in [5.74, 6) is 1.09. The topological polar surface area (TPSA) is 0 Å². The van der Waals surface area contributed by atoms with Crippen molar-refractivity contribution in [2.45, 2.75) is 116 Å². The highest BCUT2D eigenvalue weighted by Crippen LogP contribution is 2.64. The summed E-state index contributed by atoms with van der Waals surface area (Å²) in [6.45, 7) is 2.45. The summed E-state index contributed by atoms with van der Waals surface area (Å²) in [6.07, 6.45) is 26.3. The molecule has 0 bridgehead atoms. The maximum Gasteiger partial charge on any atom is -0.0213 e. The Hall–Kier alpha value is 0. The first-order chi connectivity index (χ1) is 10.3. The second kappa shape index (κ2) is 7.05. The quantitative estimate of drug-likeness (QED) is 0.510. The molecule has 3 aliphatic carbocycles. The van der Waals surface area contributed by atoms with Crippen molar-refractivity contribution in [3.8, 4) is 0 Å². The monoisotopic (exact) mass is 290 g/mol. The predicted molar refractivity (Wildman–Crippen MR) is 92.5 cm³/mol. The van der Waals surface area contributed by atoms with Crippen LogP contribution in [0.1, 0.15) is 116 Å². The number of hydrogen-bond acceptors (Lipinski definition) is 0. The van der Waals surface area contributed by atoms with Crippen LogP contribution in [0.2, 0.25) is 0 Å². The Kier molecular flexibility index (Phi) is 5.33. The molecule has 0 aliphatic heterocycles. The molecule has 3 saturated carbocycles. The maximum atomic E-state index is 2.45. The van der Waals surface area contributed by atoms with Crippen LogP contribution in [-0.4, -0.2) is 0 Å². The summed E-state index contributed by atoms with van der Waals surface area (Å²) < 4.78 is 0. The molecule has 0 heteroatoms. The van der Waals surface area contributed by atoms with Gasteiger partial charge in [0.25, 0.3) is 0 Å². The summed E-state index contributed by atoms with van der Waals surface area (Å²) in [5, 5.41) is 0. The molecule has 0 spiro atoms. The van der Waals surface area contributed by atoms with Gasteiger partial charge < -0.3 is 0 Å². The molecule has 0 radical (unpaired) electrons. The Labute approximate surface area is 133 Å². The van der Waals surface area contributed by atoms with E-state index >= 15 is 0 Å². The van der Waals surface area contributed by atoms with E-state index in [-0.39, 0.29) is 0 Å². The second-order valence-corrected chi connectivity index (χ2v) is 8.64. The normalized spacial score (nSPS) is 30.1. The zero-order chi connectivity index (χ0) is 14.6. The summed E-state index contributed by atoms with van der Waals surface area (Å²) in [7, 11) is 0. The predicted octanol–water partition coefficient (Wildman–Crippen LogP) is 7.27. The minimum atomic E-state index is 0.752. The van der Waals surface area contributed by atoms with E-state index in [1.807, 2.05) is 0 Å². The van der Waals surface area contributed by atoms with E-state index in [2.05, 4.69) is 6.92 Å². The van der Waals surface area contributed by atoms with Gasteiger partial charge in [0.1, 0.15) is 0 Å². The Bertz CT molecular complexity index is 292. The van der Waals surface area contributed by atoms with E-state index in [0.717, 1.165) is 16.7 Å². The van der Waals surface area contributed by atoms with Crippen molar-refractivity contribution in [2.75, 3.05) is 0 Å². The van der Waals surface area contributed by atoms with E-state index in [1.165, 1.54) is 51.4 Å². The average molecular weight is 291 g/mol. The van der Waals surface area contributed by atoms with Gasteiger partial charge in [-0.15, -0.1) is 0 Å². The molecule has 0 unspecified atom stereocenters. The van der Waals surface area contributed by atoms with Gasteiger partial charge in [-0.2, -0.15) is 0 Å². The van der Waals surface area contributed by atoms with Crippen LogP contribution in [0.25, 0.3) is 0 Å². The standard InChI is InChI=1S/C21H38/c1-2-14-20(15-8-4-9-16-20)21(17-10-5-11-18-21)19-12-6-3-7-13-19/h19H,2-18H2,1H3. The van der Waals surface area contributed by atoms with Gasteiger partial charge in [0, 0.05) is 0 Å². The molecular formula is C21H38. The zero-order valence-corrected chi connectivity index (χ0v) is 14.6. The van der Waals surface area contributed by atoms with E-state index in [9.17, 15) is 0 Å². The number of rotatable bonds is 4. The fourth-order valence-corrected chi connectivity index (χ4v) is 6.91. The largest absolute Gasteiger partial charge is 0.0654 e. The average Bonchev–Trinajstić information content (AvgIpc) is 2.57. The van der Waals surface area contributed by atoms with E-state index in [0.29, 0.717) is 0 Å². The molecule has 0 saturated heterocycles. The van der Waals surface area contributed by atoms with Crippen molar-refractivity contribution in [2.24, 2.45) is 16.7 Å². The lowest BCUT2D eigenvalue weighted by molar-refractivity contribution is -0.0962. The summed E-state index contributed by atoms with van der Waals surface area (Å²) in [5.41, 5.74) is 1.52. The highest BCUT2D eigenvalue weighted by atomic mass is 14.6. The molecule has 0 aromatic carbocycles. The van der Waals surface area contributed by atoms with Gasteiger partial charge in [-0.25, -0.2) is 0 Å². The van der Waals surface area contributed by atoms with Gasteiger partial charge in [-0.1, -0.05) is 71.1 Å². The Morgan fingerprint density at radius 3 is 1.76 bits per heavy atom. The van der Waals surface area contributed by atoms with E-state index in [4.69, 9.17) is 0 Å². The molecule has 122 valence electrons. The van der Waals surface area contributed by atoms with Crippen LogP contribution in [0.5, 0.6) is 0 Å². The van der Waals surface area contributed by atoms with Gasteiger partial charge >= 0.3 is 0 Å². The van der Waals surface area contributed by atoms with Crippen LogP contribution in [0.15, 0.2) is 0 Å². The molecule has 0 amide bonds. The highest BCUT2D eigenvalue weighted by molar-refractivity contribution is 5.04. The minimum absolute atomic E-state index is 0.752.